The maximum Gasteiger partial charge on any atom is 0.104 e. The first-order chi connectivity index (χ1) is 7.08. The van der Waals surface area contributed by atoms with Gasteiger partial charge in [-0.2, -0.15) is 0 Å². The Morgan fingerprint density at radius 1 is 1.53 bits per heavy atom. The lowest BCUT2D eigenvalue weighted by Crippen LogP contribution is -2.19. The van der Waals surface area contributed by atoms with Gasteiger partial charge >= 0.3 is 0 Å². The van der Waals surface area contributed by atoms with E-state index in [-0.39, 0.29) is 0 Å². The predicted molar refractivity (Wildman–Crippen MR) is 62.2 cm³/mol. The van der Waals surface area contributed by atoms with E-state index in [4.69, 9.17) is 4.42 Å². The van der Waals surface area contributed by atoms with Gasteiger partial charge in [0.2, 0.25) is 0 Å². The second-order valence-electron chi connectivity index (χ2n) is 4.95. The molecule has 1 heterocycles. The van der Waals surface area contributed by atoms with Gasteiger partial charge in [-0.3, -0.25) is 0 Å². The van der Waals surface area contributed by atoms with Crippen LogP contribution in [0.15, 0.2) is 10.5 Å². The second kappa shape index (κ2) is 3.67. The Labute approximate surface area is 92.1 Å². The molecule has 15 heavy (non-hydrogen) atoms. The second-order valence-corrected chi connectivity index (χ2v) is 4.95. The highest BCUT2D eigenvalue weighted by atomic mass is 16.3. The van der Waals surface area contributed by atoms with Gasteiger partial charge in [-0.05, 0) is 50.9 Å². The van der Waals surface area contributed by atoms with Gasteiger partial charge in [0.1, 0.15) is 11.5 Å². The molecule has 0 spiro atoms. The summed E-state index contributed by atoms with van der Waals surface area (Å²) in [5, 5.41) is 3.43. The summed E-state index contributed by atoms with van der Waals surface area (Å²) in [6.07, 6.45) is 1.29. The van der Waals surface area contributed by atoms with Crippen LogP contribution in [0.25, 0.3) is 0 Å². The van der Waals surface area contributed by atoms with Crippen LogP contribution in [0.1, 0.15) is 37.4 Å². The van der Waals surface area contributed by atoms with Gasteiger partial charge in [0, 0.05) is 5.41 Å². The zero-order valence-corrected chi connectivity index (χ0v) is 10.2. The van der Waals surface area contributed by atoms with Gasteiger partial charge in [-0.25, -0.2) is 0 Å². The summed E-state index contributed by atoms with van der Waals surface area (Å²) in [5.41, 5.74) is 1.78. The Bertz CT molecular complexity index is 355. The first-order valence-electron chi connectivity index (χ1n) is 5.86. The zero-order valence-electron chi connectivity index (χ0n) is 10.2. The Kier molecular flexibility index (Phi) is 2.63. The smallest absolute Gasteiger partial charge is 0.104 e. The van der Waals surface area contributed by atoms with Crippen LogP contribution < -0.4 is 5.32 Å². The fourth-order valence-corrected chi connectivity index (χ4v) is 2.60. The summed E-state index contributed by atoms with van der Waals surface area (Å²) in [5.74, 6) is 2.93. The van der Waals surface area contributed by atoms with Crippen molar-refractivity contribution in [1.29, 1.82) is 0 Å². The van der Waals surface area contributed by atoms with Crippen molar-refractivity contribution in [3.63, 3.8) is 0 Å². The molecule has 1 aliphatic carbocycles. The third-order valence-corrected chi connectivity index (χ3v) is 3.71. The fourth-order valence-electron chi connectivity index (χ4n) is 2.60. The third kappa shape index (κ3) is 1.83. The number of hydrogen-bond donors (Lipinski definition) is 1. The van der Waals surface area contributed by atoms with Gasteiger partial charge in [-0.15, -0.1) is 0 Å². The summed E-state index contributed by atoms with van der Waals surface area (Å²) in [6.45, 7) is 10.8. The highest BCUT2D eigenvalue weighted by molar-refractivity contribution is 5.36. The number of hydrogen-bond acceptors (Lipinski definition) is 2. The summed E-state index contributed by atoms with van der Waals surface area (Å²) in [4.78, 5) is 0. The topological polar surface area (TPSA) is 25.2 Å². The lowest BCUT2D eigenvalue weighted by atomic mass is 9.95. The maximum absolute atomic E-state index is 5.61. The molecule has 2 rings (SSSR count). The van der Waals surface area contributed by atoms with E-state index in [0.29, 0.717) is 5.41 Å². The number of aryl methyl sites for hydroxylation is 2. The van der Waals surface area contributed by atoms with Gasteiger partial charge in [0.25, 0.3) is 0 Å². The molecule has 0 bridgehead atoms. The van der Waals surface area contributed by atoms with Crippen LogP contribution in [0.2, 0.25) is 0 Å². The highest BCUT2D eigenvalue weighted by Gasteiger charge is 2.52. The lowest BCUT2D eigenvalue weighted by Gasteiger charge is -2.10. The minimum atomic E-state index is 0.365. The minimum Gasteiger partial charge on any atom is -0.466 e. The van der Waals surface area contributed by atoms with E-state index in [0.717, 1.165) is 30.5 Å². The minimum absolute atomic E-state index is 0.365. The lowest BCUT2D eigenvalue weighted by molar-refractivity contribution is 0.493. The standard InChI is InChI=1S/C13H21NO/c1-5-14-8-11-7-13(11,4)12-6-9(2)15-10(12)3/h6,11,14H,5,7-8H2,1-4H3. The first kappa shape index (κ1) is 10.7. The van der Waals surface area contributed by atoms with E-state index < -0.39 is 0 Å². The van der Waals surface area contributed by atoms with Crippen molar-refractivity contribution in [2.75, 3.05) is 13.1 Å². The molecule has 2 unspecified atom stereocenters. The summed E-state index contributed by atoms with van der Waals surface area (Å²) in [6, 6.07) is 2.21. The monoisotopic (exact) mass is 207 g/mol. The largest absolute Gasteiger partial charge is 0.466 e. The molecule has 0 radical (unpaired) electrons. The molecule has 2 atom stereocenters. The van der Waals surface area contributed by atoms with Gasteiger partial charge < -0.3 is 9.73 Å². The molecule has 0 amide bonds. The van der Waals surface area contributed by atoms with Gasteiger partial charge in [0.15, 0.2) is 0 Å². The summed E-state index contributed by atoms with van der Waals surface area (Å²) >= 11 is 0. The zero-order chi connectivity index (χ0) is 11.1. The molecular formula is C13H21NO. The van der Waals surface area contributed by atoms with E-state index in [1.54, 1.807) is 0 Å². The quantitative estimate of drug-likeness (QED) is 0.821. The molecule has 1 saturated carbocycles. The molecule has 1 aliphatic rings. The molecule has 84 valence electrons. The van der Waals surface area contributed by atoms with Crippen molar-refractivity contribution in [2.45, 2.75) is 39.5 Å². The summed E-state index contributed by atoms with van der Waals surface area (Å²) in [7, 11) is 0. The van der Waals surface area contributed by atoms with Crippen molar-refractivity contribution in [3.8, 4) is 0 Å². The van der Waals surface area contributed by atoms with Crippen LogP contribution >= 0.6 is 0 Å². The Morgan fingerprint density at radius 3 is 2.80 bits per heavy atom. The molecule has 1 fully saturated rings. The van der Waals surface area contributed by atoms with Crippen LogP contribution in [0.5, 0.6) is 0 Å². The van der Waals surface area contributed by atoms with Gasteiger partial charge in [0.05, 0.1) is 0 Å². The average Bonchev–Trinajstić information content (AvgIpc) is 2.70. The van der Waals surface area contributed by atoms with Crippen molar-refractivity contribution >= 4 is 0 Å². The number of furan rings is 1. The molecular weight excluding hydrogens is 186 g/mol. The van der Waals surface area contributed by atoms with E-state index >= 15 is 0 Å². The molecule has 0 aromatic carbocycles. The third-order valence-electron chi connectivity index (χ3n) is 3.71. The Hall–Kier alpha value is -0.760. The number of rotatable bonds is 4. The van der Waals surface area contributed by atoms with E-state index in [1.807, 2.05) is 6.92 Å². The fraction of sp³-hybridized carbons (Fsp3) is 0.692. The van der Waals surface area contributed by atoms with Crippen molar-refractivity contribution < 1.29 is 4.42 Å². The highest BCUT2D eigenvalue weighted by Crippen LogP contribution is 2.54. The number of nitrogens with one attached hydrogen (secondary N) is 1. The molecule has 2 nitrogen and oxygen atoms in total. The van der Waals surface area contributed by atoms with Crippen molar-refractivity contribution in [1.82, 2.24) is 5.32 Å². The van der Waals surface area contributed by atoms with E-state index in [2.05, 4.69) is 32.2 Å². The predicted octanol–water partition coefficient (Wildman–Crippen LogP) is 2.78. The normalized spacial score (nSPS) is 29.5. The van der Waals surface area contributed by atoms with Crippen LogP contribution in [-0.4, -0.2) is 13.1 Å². The van der Waals surface area contributed by atoms with Crippen LogP contribution in [0, 0.1) is 19.8 Å². The SMILES string of the molecule is CCNCC1CC1(C)c1cc(C)oc1C. The first-order valence-corrected chi connectivity index (χ1v) is 5.86. The van der Waals surface area contributed by atoms with Gasteiger partial charge in [-0.1, -0.05) is 13.8 Å². The maximum atomic E-state index is 5.61. The van der Waals surface area contributed by atoms with Crippen LogP contribution in [0.3, 0.4) is 0 Å². The molecule has 1 aromatic heterocycles. The average molecular weight is 207 g/mol. The van der Waals surface area contributed by atoms with E-state index in [9.17, 15) is 0 Å². The van der Waals surface area contributed by atoms with Crippen molar-refractivity contribution in [2.24, 2.45) is 5.92 Å². The van der Waals surface area contributed by atoms with Crippen LogP contribution in [0.4, 0.5) is 0 Å². The molecule has 1 aromatic rings. The Morgan fingerprint density at radius 2 is 2.27 bits per heavy atom. The van der Waals surface area contributed by atoms with Crippen molar-refractivity contribution in [3.05, 3.63) is 23.2 Å². The molecule has 0 saturated heterocycles. The summed E-state index contributed by atoms with van der Waals surface area (Å²) < 4.78 is 5.61. The van der Waals surface area contributed by atoms with E-state index in [1.165, 1.54) is 12.0 Å². The molecule has 2 heteroatoms. The molecule has 0 aliphatic heterocycles. The Balaban J connectivity index is 2.09. The molecule has 1 N–H and O–H groups in total. The van der Waals surface area contributed by atoms with Crippen LogP contribution in [-0.2, 0) is 5.41 Å².